The molecule has 2 heterocycles. The Bertz CT molecular complexity index is 739. The van der Waals surface area contributed by atoms with Crippen molar-refractivity contribution < 1.29 is 9.53 Å². The average molecular weight is 339 g/mol. The van der Waals surface area contributed by atoms with Crippen LogP contribution in [0.5, 0.6) is 5.75 Å². The molecule has 0 aliphatic carbocycles. The number of amides is 1. The zero-order valence-electron chi connectivity index (χ0n) is 14.9. The molecule has 1 aliphatic rings. The van der Waals surface area contributed by atoms with E-state index in [1.807, 2.05) is 44.3 Å². The molecule has 2 aromatic rings. The Morgan fingerprint density at radius 3 is 2.80 bits per heavy atom. The third-order valence-corrected chi connectivity index (χ3v) is 4.43. The van der Waals surface area contributed by atoms with Gasteiger partial charge in [-0.1, -0.05) is 12.1 Å². The van der Waals surface area contributed by atoms with Gasteiger partial charge in [0.2, 0.25) is 0 Å². The monoisotopic (exact) mass is 339 g/mol. The van der Waals surface area contributed by atoms with Crippen molar-refractivity contribution >= 4 is 11.7 Å². The van der Waals surface area contributed by atoms with Crippen LogP contribution in [-0.4, -0.2) is 30.6 Å². The number of ether oxygens (including phenoxy) is 1. The van der Waals surface area contributed by atoms with Crippen LogP contribution in [-0.2, 0) is 11.3 Å². The first-order chi connectivity index (χ1) is 12.1. The predicted octanol–water partition coefficient (Wildman–Crippen LogP) is 2.99. The fraction of sp³-hybridized carbons (Fsp3) is 0.400. The lowest BCUT2D eigenvalue weighted by molar-refractivity contribution is -0.123. The molecule has 0 saturated carbocycles. The van der Waals surface area contributed by atoms with Crippen LogP contribution in [0.4, 0.5) is 5.82 Å². The van der Waals surface area contributed by atoms with Crippen LogP contribution in [0.25, 0.3) is 0 Å². The van der Waals surface area contributed by atoms with Crippen molar-refractivity contribution in [3.8, 4) is 5.75 Å². The summed E-state index contributed by atoms with van der Waals surface area (Å²) in [5.41, 5.74) is 3.20. The van der Waals surface area contributed by atoms with Gasteiger partial charge in [-0.25, -0.2) is 4.98 Å². The molecule has 5 heteroatoms. The van der Waals surface area contributed by atoms with Crippen molar-refractivity contribution in [1.29, 1.82) is 0 Å². The van der Waals surface area contributed by atoms with Crippen LogP contribution in [0.3, 0.4) is 0 Å². The lowest BCUT2D eigenvalue weighted by Gasteiger charge is -2.17. The molecule has 25 heavy (non-hydrogen) atoms. The summed E-state index contributed by atoms with van der Waals surface area (Å²) in [6, 6.07) is 9.97. The van der Waals surface area contributed by atoms with Crippen molar-refractivity contribution in [2.24, 2.45) is 0 Å². The van der Waals surface area contributed by atoms with Gasteiger partial charge in [-0.3, -0.25) is 4.79 Å². The summed E-state index contributed by atoms with van der Waals surface area (Å²) in [5.74, 6) is 1.63. The molecule has 0 bridgehead atoms. The maximum atomic E-state index is 12.1. The molecule has 1 aromatic carbocycles. The fourth-order valence-corrected chi connectivity index (χ4v) is 2.95. The molecule has 132 valence electrons. The normalized spacial score (nSPS) is 13.8. The molecule has 0 unspecified atom stereocenters. The highest BCUT2D eigenvalue weighted by molar-refractivity contribution is 5.77. The minimum absolute atomic E-state index is 0.0222. The molecule has 0 radical (unpaired) electrons. The largest absolute Gasteiger partial charge is 0.483 e. The molecular weight excluding hydrogens is 314 g/mol. The van der Waals surface area contributed by atoms with Gasteiger partial charge in [0.15, 0.2) is 6.61 Å². The molecule has 1 saturated heterocycles. The predicted molar refractivity (Wildman–Crippen MR) is 98.9 cm³/mol. The van der Waals surface area contributed by atoms with Crippen LogP contribution in [0.1, 0.15) is 29.5 Å². The standard InChI is InChI=1S/C20H25N3O2/c1-15-5-6-16(2)18(11-15)25-14-20(24)22-13-17-7-8-21-19(12-17)23-9-3-4-10-23/h5-8,11-12H,3-4,9-10,13-14H2,1-2H3,(H,22,24). The second-order valence-corrected chi connectivity index (χ2v) is 6.55. The van der Waals surface area contributed by atoms with Gasteiger partial charge in [-0.05, 0) is 61.6 Å². The van der Waals surface area contributed by atoms with Crippen molar-refractivity contribution in [3.63, 3.8) is 0 Å². The number of carbonyl (C=O) groups excluding carboxylic acids is 1. The lowest BCUT2D eigenvalue weighted by atomic mass is 10.1. The van der Waals surface area contributed by atoms with E-state index in [1.165, 1.54) is 12.8 Å². The molecular formula is C20H25N3O2. The van der Waals surface area contributed by atoms with E-state index in [1.54, 1.807) is 0 Å². The molecule has 1 fully saturated rings. The summed E-state index contributed by atoms with van der Waals surface area (Å²) < 4.78 is 5.64. The van der Waals surface area contributed by atoms with Crippen molar-refractivity contribution in [2.45, 2.75) is 33.2 Å². The van der Waals surface area contributed by atoms with E-state index < -0.39 is 0 Å². The first kappa shape index (κ1) is 17.3. The van der Waals surface area contributed by atoms with Crippen molar-refractivity contribution in [3.05, 3.63) is 53.2 Å². The van der Waals surface area contributed by atoms with Crippen LogP contribution < -0.4 is 15.0 Å². The summed E-state index contributed by atoms with van der Waals surface area (Å²) in [5, 5.41) is 2.91. The van der Waals surface area contributed by atoms with E-state index in [4.69, 9.17) is 4.74 Å². The number of pyridine rings is 1. The summed E-state index contributed by atoms with van der Waals surface area (Å²) in [6.07, 6.45) is 4.25. The first-order valence-corrected chi connectivity index (χ1v) is 8.78. The molecule has 1 amide bonds. The number of carbonyl (C=O) groups is 1. The number of benzene rings is 1. The number of hydrogen-bond donors (Lipinski definition) is 1. The molecule has 0 atom stereocenters. The lowest BCUT2D eigenvalue weighted by Crippen LogP contribution is -2.28. The molecule has 3 rings (SSSR count). The van der Waals surface area contributed by atoms with E-state index in [9.17, 15) is 4.79 Å². The van der Waals surface area contributed by atoms with E-state index >= 15 is 0 Å². The molecule has 5 nitrogen and oxygen atoms in total. The number of aryl methyl sites for hydroxylation is 2. The molecule has 1 N–H and O–H groups in total. The highest BCUT2D eigenvalue weighted by Gasteiger charge is 2.13. The summed E-state index contributed by atoms with van der Waals surface area (Å²) in [7, 11) is 0. The average Bonchev–Trinajstić information content (AvgIpc) is 3.16. The number of rotatable bonds is 6. The third-order valence-electron chi connectivity index (χ3n) is 4.43. The Balaban J connectivity index is 1.50. The fourth-order valence-electron chi connectivity index (χ4n) is 2.95. The second-order valence-electron chi connectivity index (χ2n) is 6.55. The number of aromatic nitrogens is 1. The van der Waals surface area contributed by atoms with Gasteiger partial charge in [0.05, 0.1) is 0 Å². The number of hydrogen-bond acceptors (Lipinski definition) is 4. The zero-order chi connectivity index (χ0) is 17.6. The quantitative estimate of drug-likeness (QED) is 0.879. The van der Waals surface area contributed by atoms with Crippen LogP contribution in [0.2, 0.25) is 0 Å². The van der Waals surface area contributed by atoms with E-state index in [-0.39, 0.29) is 12.5 Å². The Morgan fingerprint density at radius 2 is 2.00 bits per heavy atom. The molecule has 1 aromatic heterocycles. The van der Waals surface area contributed by atoms with E-state index in [0.29, 0.717) is 6.54 Å². The highest BCUT2D eigenvalue weighted by atomic mass is 16.5. The molecule has 0 spiro atoms. The van der Waals surface area contributed by atoms with Crippen LogP contribution in [0.15, 0.2) is 36.5 Å². The van der Waals surface area contributed by atoms with Gasteiger partial charge in [0.25, 0.3) is 5.91 Å². The number of nitrogens with one attached hydrogen (secondary N) is 1. The topological polar surface area (TPSA) is 54.5 Å². The number of anilines is 1. The second kappa shape index (κ2) is 8.01. The van der Waals surface area contributed by atoms with Crippen LogP contribution >= 0.6 is 0 Å². The summed E-state index contributed by atoms with van der Waals surface area (Å²) >= 11 is 0. The van der Waals surface area contributed by atoms with Crippen LogP contribution in [0, 0.1) is 13.8 Å². The zero-order valence-corrected chi connectivity index (χ0v) is 14.9. The minimum atomic E-state index is -0.125. The van der Waals surface area contributed by atoms with Gasteiger partial charge in [-0.2, -0.15) is 0 Å². The minimum Gasteiger partial charge on any atom is -0.483 e. The summed E-state index contributed by atoms with van der Waals surface area (Å²) in [6.45, 7) is 6.61. The highest BCUT2D eigenvalue weighted by Crippen LogP contribution is 2.19. The third kappa shape index (κ3) is 4.72. The number of nitrogens with zero attached hydrogens (tertiary/aromatic N) is 2. The van der Waals surface area contributed by atoms with E-state index in [0.717, 1.165) is 41.3 Å². The van der Waals surface area contributed by atoms with Gasteiger partial charge in [-0.15, -0.1) is 0 Å². The maximum Gasteiger partial charge on any atom is 0.258 e. The Labute approximate surface area is 149 Å². The Kier molecular flexibility index (Phi) is 5.53. The van der Waals surface area contributed by atoms with Gasteiger partial charge in [0.1, 0.15) is 11.6 Å². The van der Waals surface area contributed by atoms with Gasteiger partial charge in [0, 0.05) is 25.8 Å². The Hall–Kier alpha value is -2.56. The van der Waals surface area contributed by atoms with Crippen molar-refractivity contribution in [2.75, 3.05) is 24.6 Å². The van der Waals surface area contributed by atoms with E-state index in [2.05, 4.69) is 21.3 Å². The van der Waals surface area contributed by atoms with Gasteiger partial charge < -0.3 is 15.0 Å². The van der Waals surface area contributed by atoms with Crippen molar-refractivity contribution in [1.82, 2.24) is 10.3 Å². The first-order valence-electron chi connectivity index (χ1n) is 8.78. The SMILES string of the molecule is Cc1ccc(C)c(OCC(=O)NCc2ccnc(N3CCCC3)c2)c1. The van der Waals surface area contributed by atoms with Gasteiger partial charge >= 0.3 is 0 Å². The maximum absolute atomic E-state index is 12.1. The summed E-state index contributed by atoms with van der Waals surface area (Å²) in [4.78, 5) is 18.8. The Morgan fingerprint density at radius 1 is 1.20 bits per heavy atom. The smallest absolute Gasteiger partial charge is 0.258 e. The molecule has 1 aliphatic heterocycles.